The summed E-state index contributed by atoms with van der Waals surface area (Å²) >= 11 is 6.10. The summed E-state index contributed by atoms with van der Waals surface area (Å²) in [6, 6.07) is 26.8. The number of nitrogens with zero attached hydrogens (tertiary/aromatic N) is 5. The Morgan fingerprint density at radius 3 is 2.23 bits per heavy atom. The first-order valence-electron chi connectivity index (χ1n) is 13.0. The lowest BCUT2D eigenvalue weighted by Crippen LogP contribution is -2.49. The monoisotopic (exact) mass is 553 g/mol. The van der Waals surface area contributed by atoms with Gasteiger partial charge in [-0.15, -0.1) is 0 Å². The number of hydrogen-bond acceptors (Lipinski definition) is 6. The Morgan fingerprint density at radius 2 is 1.50 bits per heavy atom. The molecule has 40 heavy (non-hydrogen) atoms. The predicted octanol–water partition coefficient (Wildman–Crippen LogP) is 5.70. The fourth-order valence-corrected chi connectivity index (χ4v) is 5.22. The standard InChI is InChI=1S/C31H28ClN5O3/c1-39-28-9-5-3-7-23(28)27-19-25(33-30-20-24(34-37(27)30)21-11-13-22(32)14-12-21)31(38)36-17-15-35(16-18-36)26-8-4-6-10-29(26)40-2/h3-14,19-20H,15-18H2,1-2H3. The quantitative estimate of drug-likeness (QED) is 0.269. The van der Waals surface area contributed by atoms with Crippen molar-refractivity contribution in [1.29, 1.82) is 0 Å². The van der Waals surface area contributed by atoms with Gasteiger partial charge in [0.1, 0.15) is 17.2 Å². The number of fused-ring (bicyclic) bond motifs is 1. The van der Waals surface area contributed by atoms with Crippen molar-refractivity contribution >= 4 is 28.8 Å². The van der Waals surface area contributed by atoms with Crippen LogP contribution in [0.25, 0.3) is 28.2 Å². The first-order valence-corrected chi connectivity index (χ1v) is 13.4. The lowest BCUT2D eigenvalue weighted by molar-refractivity contribution is 0.0741. The number of anilines is 1. The Bertz CT molecular complexity index is 1680. The van der Waals surface area contributed by atoms with Crippen molar-refractivity contribution in [2.75, 3.05) is 45.3 Å². The molecule has 0 unspecified atom stereocenters. The Morgan fingerprint density at radius 1 is 0.825 bits per heavy atom. The van der Waals surface area contributed by atoms with E-state index in [9.17, 15) is 4.79 Å². The maximum atomic E-state index is 13.8. The molecule has 3 aromatic carbocycles. The molecular weight excluding hydrogens is 526 g/mol. The molecule has 6 rings (SSSR count). The van der Waals surface area contributed by atoms with E-state index in [0.717, 1.165) is 34.0 Å². The topological polar surface area (TPSA) is 72.2 Å². The van der Waals surface area contributed by atoms with E-state index in [2.05, 4.69) is 4.90 Å². The van der Waals surface area contributed by atoms with Crippen LogP contribution in [0.4, 0.5) is 5.69 Å². The predicted molar refractivity (Wildman–Crippen MR) is 157 cm³/mol. The normalized spacial score (nSPS) is 13.5. The van der Waals surface area contributed by atoms with Crippen LogP contribution in [0.3, 0.4) is 0 Å². The summed E-state index contributed by atoms with van der Waals surface area (Å²) in [4.78, 5) is 22.7. The summed E-state index contributed by atoms with van der Waals surface area (Å²) in [5, 5.41) is 5.50. The van der Waals surface area contributed by atoms with Gasteiger partial charge in [-0.1, -0.05) is 48.0 Å². The smallest absolute Gasteiger partial charge is 0.272 e. The van der Waals surface area contributed by atoms with Crippen LogP contribution in [0.2, 0.25) is 5.02 Å². The fraction of sp³-hybridized carbons (Fsp3) is 0.194. The summed E-state index contributed by atoms with van der Waals surface area (Å²) in [6.07, 6.45) is 0. The van der Waals surface area contributed by atoms with Crippen molar-refractivity contribution in [2.45, 2.75) is 0 Å². The van der Waals surface area contributed by atoms with Crippen LogP contribution in [-0.4, -0.2) is 65.8 Å². The second-order valence-corrected chi connectivity index (χ2v) is 9.92. The number of para-hydroxylation sites is 3. The number of aromatic nitrogens is 3. The highest BCUT2D eigenvalue weighted by Gasteiger charge is 2.26. The van der Waals surface area contributed by atoms with Gasteiger partial charge in [-0.25, -0.2) is 9.50 Å². The third kappa shape index (κ3) is 4.82. The maximum Gasteiger partial charge on any atom is 0.272 e. The molecule has 1 aliphatic rings. The van der Waals surface area contributed by atoms with Crippen LogP contribution in [0.15, 0.2) is 84.9 Å². The van der Waals surface area contributed by atoms with E-state index in [1.165, 1.54) is 0 Å². The van der Waals surface area contributed by atoms with Crippen LogP contribution >= 0.6 is 11.6 Å². The molecule has 0 saturated carbocycles. The van der Waals surface area contributed by atoms with Crippen molar-refractivity contribution in [3.8, 4) is 34.0 Å². The van der Waals surface area contributed by atoms with Gasteiger partial charge >= 0.3 is 0 Å². The molecule has 5 aromatic rings. The molecule has 2 aromatic heterocycles. The zero-order valence-electron chi connectivity index (χ0n) is 22.3. The summed E-state index contributed by atoms with van der Waals surface area (Å²) in [5.74, 6) is 1.39. The molecule has 0 radical (unpaired) electrons. The number of carbonyl (C=O) groups is 1. The minimum Gasteiger partial charge on any atom is -0.496 e. The molecule has 3 heterocycles. The largest absolute Gasteiger partial charge is 0.496 e. The molecule has 0 spiro atoms. The molecule has 0 bridgehead atoms. The van der Waals surface area contributed by atoms with Crippen molar-refractivity contribution in [3.05, 3.63) is 95.6 Å². The molecule has 0 atom stereocenters. The van der Waals surface area contributed by atoms with E-state index < -0.39 is 0 Å². The molecule has 0 N–H and O–H groups in total. The second kappa shape index (κ2) is 10.9. The summed E-state index contributed by atoms with van der Waals surface area (Å²) in [5.41, 5.74) is 5.14. The Labute approximate surface area is 237 Å². The van der Waals surface area contributed by atoms with Gasteiger partial charge < -0.3 is 19.3 Å². The summed E-state index contributed by atoms with van der Waals surface area (Å²) < 4.78 is 13.0. The Kier molecular flexibility index (Phi) is 7.00. The van der Waals surface area contributed by atoms with Gasteiger partial charge in [-0.05, 0) is 42.5 Å². The van der Waals surface area contributed by atoms with E-state index in [1.54, 1.807) is 24.8 Å². The van der Waals surface area contributed by atoms with Crippen LogP contribution in [0, 0.1) is 0 Å². The number of halogens is 1. The number of hydrogen-bond donors (Lipinski definition) is 0. The zero-order valence-corrected chi connectivity index (χ0v) is 23.0. The molecular formula is C31H28ClN5O3. The lowest BCUT2D eigenvalue weighted by Gasteiger charge is -2.36. The molecule has 1 aliphatic heterocycles. The van der Waals surface area contributed by atoms with Crippen molar-refractivity contribution < 1.29 is 14.3 Å². The molecule has 1 saturated heterocycles. The number of ether oxygens (including phenoxy) is 2. The number of methoxy groups -OCH3 is 2. The first-order chi connectivity index (χ1) is 19.6. The summed E-state index contributed by atoms with van der Waals surface area (Å²) in [7, 11) is 3.31. The third-order valence-electron chi connectivity index (χ3n) is 7.16. The van der Waals surface area contributed by atoms with Crippen LogP contribution < -0.4 is 14.4 Å². The average molecular weight is 554 g/mol. The zero-order chi connectivity index (χ0) is 27.6. The van der Waals surface area contributed by atoms with Gasteiger partial charge in [0.25, 0.3) is 5.91 Å². The minimum atomic E-state index is -0.118. The van der Waals surface area contributed by atoms with E-state index in [0.29, 0.717) is 48.3 Å². The number of amides is 1. The van der Waals surface area contributed by atoms with Gasteiger partial charge in [-0.3, -0.25) is 4.79 Å². The van der Waals surface area contributed by atoms with Crippen molar-refractivity contribution in [3.63, 3.8) is 0 Å². The fourth-order valence-electron chi connectivity index (χ4n) is 5.10. The highest BCUT2D eigenvalue weighted by Crippen LogP contribution is 2.33. The summed E-state index contributed by atoms with van der Waals surface area (Å²) in [6.45, 7) is 2.54. The molecule has 0 aliphatic carbocycles. The minimum absolute atomic E-state index is 0.118. The third-order valence-corrected chi connectivity index (χ3v) is 7.41. The second-order valence-electron chi connectivity index (χ2n) is 9.48. The number of piperazine rings is 1. The molecule has 1 amide bonds. The highest BCUT2D eigenvalue weighted by molar-refractivity contribution is 6.30. The van der Waals surface area contributed by atoms with Gasteiger partial charge in [0.05, 0.1) is 31.3 Å². The van der Waals surface area contributed by atoms with Crippen LogP contribution in [0.1, 0.15) is 10.5 Å². The number of benzene rings is 3. The van der Waals surface area contributed by atoms with E-state index in [4.69, 9.17) is 31.2 Å². The van der Waals surface area contributed by atoms with Gasteiger partial charge in [0.2, 0.25) is 0 Å². The van der Waals surface area contributed by atoms with Crippen LogP contribution in [0.5, 0.6) is 11.5 Å². The van der Waals surface area contributed by atoms with Gasteiger partial charge in [0.15, 0.2) is 5.65 Å². The molecule has 9 heteroatoms. The van der Waals surface area contributed by atoms with Gasteiger partial charge in [0, 0.05) is 48.4 Å². The Balaban J connectivity index is 1.36. The SMILES string of the molecule is COc1ccccc1-c1cc(C(=O)N2CCN(c3ccccc3OC)CC2)nc2cc(-c3ccc(Cl)cc3)nn12. The average Bonchev–Trinajstić information content (AvgIpc) is 3.45. The van der Waals surface area contributed by atoms with E-state index in [1.807, 2.05) is 83.8 Å². The van der Waals surface area contributed by atoms with E-state index >= 15 is 0 Å². The van der Waals surface area contributed by atoms with Crippen LogP contribution in [-0.2, 0) is 0 Å². The van der Waals surface area contributed by atoms with Crippen molar-refractivity contribution in [1.82, 2.24) is 19.5 Å². The van der Waals surface area contributed by atoms with Gasteiger partial charge in [-0.2, -0.15) is 5.10 Å². The molecule has 202 valence electrons. The first kappa shape index (κ1) is 25.7. The lowest BCUT2D eigenvalue weighted by atomic mass is 10.1. The maximum absolute atomic E-state index is 13.8. The number of carbonyl (C=O) groups excluding carboxylic acids is 1. The van der Waals surface area contributed by atoms with Crippen molar-refractivity contribution in [2.24, 2.45) is 0 Å². The molecule has 1 fully saturated rings. The van der Waals surface area contributed by atoms with E-state index in [-0.39, 0.29) is 5.91 Å². The number of rotatable bonds is 6. The Hall–Kier alpha value is -4.56. The highest BCUT2D eigenvalue weighted by atomic mass is 35.5. The molecule has 8 nitrogen and oxygen atoms in total.